The molecule has 1 aromatic carbocycles. The van der Waals surface area contributed by atoms with Crippen molar-refractivity contribution in [2.45, 2.75) is 18.4 Å². The van der Waals surface area contributed by atoms with Gasteiger partial charge in [0.2, 0.25) is 0 Å². The maximum Gasteiger partial charge on any atom is 0.416 e. The molecule has 0 fully saturated rings. The molecule has 19 heavy (non-hydrogen) atoms. The van der Waals surface area contributed by atoms with E-state index < -0.39 is 29.5 Å². The highest BCUT2D eigenvalue weighted by molar-refractivity contribution is 5.85. The zero-order chi connectivity index (χ0) is 14.1. The van der Waals surface area contributed by atoms with Crippen LogP contribution in [-0.4, -0.2) is 0 Å². The van der Waals surface area contributed by atoms with Crippen LogP contribution in [0.1, 0.15) is 22.7 Å². The van der Waals surface area contributed by atoms with Crippen molar-refractivity contribution in [2.75, 3.05) is 0 Å². The van der Waals surface area contributed by atoms with Crippen LogP contribution >= 0.6 is 12.4 Å². The van der Waals surface area contributed by atoms with E-state index >= 15 is 0 Å². The molecule has 0 aliphatic rings. The van der Waals surface area contributed by atoms with Gasteiger partial charge in [-0.05, 0) is 23.8 Å². The van der Waals surface area contributed by atoms with Gasteiger partial charge in [0.15, 0.2) is 0 Å². The first-order valence-electron chi connectivity index (χ1n) is 4.73. The van der Waals surface area contributed by atoms with Gasteiger partial charge in [0, 0.05) is 6.04 Å². The summed E-state index contributed by atoms with van der Waals surface area (Å²) in [6.45, 7) is 3.23. The minimum absolute atomic E-state index is 0. The second kappa shape index (κ2) is 5.83. The molecule has 1 aromatic rings. The van der Waals surface area contributed by atoms with E-state index in [9.17, 15) is 26.3 Å². The van der Waals surface area contributed by atoms with E-state index in [1.54, 1.807) is 0 Å². The summed E-state index contributed by atoms with van der Waals surface area (Å²) >= 11 is 0. The molecule has 0 bridgehead atoms. The summed E-state index contributed by atoms with van der Waals surface area (Å²) in [6, 6.07) is 0.135. The molecule has 0 radical (unpaired) electrons. The minimum atomic E-state index is -4.86. The van der Waals surface area contributed by atoms with Crippen molar-refractivity contribution in [3.05, 3.63) is 47.5 Å². The third-order valence-corrected chi connectivity index (χ3v) is 2.25. The van der Waals surface area contributed by atoms with Gasteiger partial charge in [0.25, 0.3) is 0 Å². The van der Waals surface area contributed by atoms with Crippen LogP contribution in [0.5, 0.6) is 0 Å². The molecule has 0 saturated carbocycles. The van der Waals surface area contributed by atoms with Gasteiger partial charge in [-0.3, -0.25) is 0 Å². The van der Waals surface area contributed by atoms with Gasteiger partial charge >= 0.3 is 12.4 Å². The predicted octanol–water partition coefficient (Wildman–Crippen LogP) is 4.33. The molecular weight excluding hydrogens is 296 g/mol. The highest BCUT2D eigenvalue weighted by Crippen LogP contribution is 2.37. The van der Waals surface area contributed by atoms with E-state index in [4.69, 9.17) is 5.73 Å². The Balaban J connectivity index is 0.00000324. The Morgan fingerprint density at radius 1 is 0.947 bits per heavy atom. The number of nitrogens with two attached hydrogens (primary N) is 1. The highest BCUT2D eigenvalue weighted by atomic mass is 35.5. The van der Waals surface area contributed by atoms with E-state index in [0.717, 1.165) is 6.08 Å². The maximum atomic E-state index is 12.5. The van der Waals surface area contributed by atoms with E-state index in [0.29, 0.717) is 12.1 Å². The van der Waals surface area contributed by atoms with Crippen LogP contribution in [0.2, 0.25) is 0 Å². The third-order valence-electron chi connectivity index (χ3n) is 2.25. The van der Waals surface area contributed by atoms with Gasteiger partial charge in [-0.25, -0.2) is 0 Å². The summed E-state index contributed by atoms with van der Waals surface area (Å²) in [7, 11) is 0. The lowest BCUT2D eigenvalue weighted by Crippen LogP contribution is -2.15. The lowest BCUT2D eigenvalue weighted by Gasteiger charge is -2.16. The minimum Gasteiger partial charge on any atom is -0.321 e. The van der Waals surface area contributed by atoms with Gasteiger partial charge in [-0.1, -0.05) is 6.08 Å². The summed E-state index contributed by atoms with van der Waals surface area (Å²) in [6.07, 6.45) is -8.66. The second-order valence-electron chi connectivity index (χ2n) is 3.60. The predicted molar refractivity (Wildman–Crippen MR) is 60.8 cm³/mol. The SMILES string of the molecule is C=C[C@@H](N)c1cc(C(F)(F)F)cc(C(F)(F)F)c1.Cl. The molecule has 2 N–H and O–H groups in total. The Morgan fingerprint density at radius 3 is 1.58 bits per heavy atom. The average molecular weight is 306 g/mol. The van der Waals surface area contributed by atoms with Crippen molar-refractivity contribution in [1.29, 1.82) is 0 Å². The second-order valence-corrected chi connectivity index (χ2v) is 3.60. The monoisotopic (exact) mass is 305 g/mol. The fourth-order valence-corrected chi connectivity index (χ4v) is 1.31. The molecule has 1 nitrogen and oxygen atoms in total. The van der Waals surface area contributed by atoms with Gasteiger partial charge in [-0.2, -0.15) is 26.3 Å². The van der Waals surface area contributed by atoms with Crippen molar-refractivity contribution in [3.8, 4) is 0 Å². The molecule has 0 unspecified atom stereocenters. The maximum absolute atomic E-state index is 12.5. The van der Waals surface area contributed by atoms with Gasteiger partial charge < -0.3 is 5.73 Å². The molecule has 0 heterocycles. The summed E-state index contributed by atoms with van der Waals surface area (Å²) in [5.41, 5.74) is 2.31. The van der Waals surface area contributed by atoms with Crippen molar-refractivity contribution in [1.82, 2.24) is 0 Å². The first-order valence-corrected chi connectivity index (χ1v) is 4.73. The smallest absolute Gasteiger partial charge is 0.321 e. The Bertz CT molecular complexity index is 419. The summed E-state index contributed by atoms with van der Waals surface area (Å²) in [4.78, 5) is 0. The zero-order valence-electron chi connectivity index (χ0n) is 9.35. The molecule has 0 aromatic heterocycles. The third kappa shape index (κ3) is 4.43. The molecule has 0 spiro atoms. The number of benzene rings is 1. The van der Waals surface area contributed by atoms with E-state index in [-0.39, 0.29) is 24.0 Å². The van der Waals surface area contributed by atoms with Gasteiger partial charge in [0.05, 0.1) is 11.1 Å². The van der Waals surface area contributed by atoms with Crippen LogP contribution in [0.4, 0.5) is 26.3 Å². The molecule has 1 rings (SSSR count). The zero-order valence-corrected chi connectivity index (χ0v) is 10.2. The molecule has 108 valence electrons. The molecule has 0 saturated heterocycles. The molecular formula is C11H10ClF6N. The van der Waals surface area contributed by atoms with Gasteiger partial charge in [-0.15, -0.1) is 19.0 Å². The quantitative estimate of drug-likeness (QED) is 0.638. The summed E-state index contributed by atoms with van der Waals surface area (Å²) in [5.74, 6) is 0. The Morgan fingerprint density at radius 2 is 1.32 bits per heavy atom. The number of halogens is 7. The van der Waals surface area contributed by atoms with E-state index in [2.05, 4.69) is 6.58 Å². The number of hydrogen-bond donors (Lipinski definition) is 1. The Labute approximate surface area is 111 Å². The normalized spacial score (nSPS) is 13.6. The summed E-state index contributed by atoms with van der Waals surface area (Å²) in [5, 5.41) is 0. The number of rotatable bonds is 2. The van der Waals surface area contributed by atoms with Crippen LogP contribution in [0.25, 0.3) is 0 Å². The molecule has 0 amide bonds. The van der Waals surface area contributed by atoms with Crippen LogP contribution in [0, 0.1) is 0 Å². The fraction of sp³-hybridized carbons (Fsp3) is 0.273. The van der Waals surface area contributed by atoms with Crippen LogP contribution < -0.4 is 5.73 Å². The number of alkyl halides is 6. The largest absolute Gasteiger partial charge is 0.416 e. The molecule has 8 heteroatoms. The topological polar surface area (TPSA) is 26.0 Å². The lowest BCUT2D eigenvalue weighted by atomic mass is 10.00. The highest BCUT2D eigenvalue weighted by Gasteiger charge is 2.37. The Hall–Kier alpha value is -1.21. The molecule has 0 aliphatic heterocycles. The number of hydrogen-bond acceptors (Lipinski definition) is 1. The Kier molecular flexibility index (Phi) is 5.46. The van der Waals surface area contributed by atoms with Crippen LogP contribution in [0.15, 0.2) is 30.9 Å². The summed E-state index contributed by atoms with van der Waals surface area (Å²) < 4.78 is 74.8. The van der Waals surface area contributed by atoms with Crippen molar-refractivity contribution < 1.29 is 26.3 Å². The average Bonchev–Trinajstić information content (AvgIpc) is 2.25. The fourth-order valence-electron chi connectivity index (χ4n) is 1.31. The van der Waals surface area contributed by atoms with Gasteiger partial charge in [0.1, 0.15) is 0 Å². The first-order chi connectivity index (χ1) is 8.05. The van der Waals surface area contributed by atoms with E-state index in [1.807, 2.05) is 0 Å². The molecule has 0 aliphatic carbocycles. The van der Waals surface area contributed by atoms with Crippen LogP contribution in [0.3, 0.4) is 0 Å². The van der Waals surface area contributed by atoms with Crippen molar-refractivity contribution >= 4 is 12.4 Å². The lowest BCUT2D eigenvalue weighted by molar-refractivity contribution is -0.143. The first kappa shape index (κ1) is 17.8. The van der Waals surface area contributed by atoms with Crippen molar-refractivity contribution in [2.24, 2.45) is 5.73 Å². The standard InChI is InChI=1S/C11H9F6N.ClH/c1-2-9(18)6-3-7(10(12,13)14)5-8(4-6)11(15,16)17;/h2-5,9H,1,18H2;1H/t9-;/m1./s1. The van der Waals surface area contributed by atoms with Crippen molar-refractivity contribution in [3.63, 3.8) is 0 Å². The van der Waals surface area contributed by atoms with E-state index in [1.165, 1.54) is 0 Å². The van der Waals surface area contributed by atoms with Crippen LogP contribution in [-0.2, 0) is 12.4 Å². The molecule has 1 atom stereocenters.